The van der Waals surface area contributed by atoms with Gasteiger partial charge in [0.15, 0.2) is 6.54 Å². The van der Waals surface area contributed by atoms with E-state index in [1.807, 2.05) is 12.1 Å². The fourth-order valence-corrected chi connectivity index (χ4v) is 2.87. The highest BCUT2D eigenvalue weighted by molar-refractivity contribution is 5.92. The van der Waals surface area contributed by atoms with Crippen LogP contribution in [0.15, 0.2) is 18.2 Å². The van der Waals surface area contributed by atoms with E-state index < -0.39 is 0 Å². The molecule has 104 valence electrons. The molecule has 19 heavy (non-hydrogen) atoms. The van der Waals surface area contributed by atoms with E-state index in [9.17, 15) is 4.79 Å². The van der Waals surface area contributed by atoms with E-state index >= 15 is 0 Å². The lowest BCUT2D eigenvalue weighted by Gasteiger charge is -2.27. The van der Waals surface area contributed by atoms with Crippen molar-refractivity contribution >= 4 is 11.6 Å². The zero-order chi connectivity index (χ0) is 13.8. The summed E-state index contributed by atoms with van der Waals surface area (Å²) in [4.78, 5) is 13.5. The second-order valence-corrected chi connectivity index (χ2v) is 5.92. The summed E-state index contributed by atoms with van der Waals surface area (Å²) in [6.07, 6.45) is 2.55. The Morgan fingerprint density at radius 2 is 2.21 bits per heavy atom. The van der Waals surface area contributed by atoms with Gasteiger partial charge in [0.25, 0.3) is 5.91 Å². The molecule has 0 bridgehead atoms. The monoisotopic (exact) mass is 261 g/mol. The number of nitrogens with one attached hydrogen (secondary N) is 2. The van der Waals surface area contributed by atoms with E-state index in [-0.39, 0.29) is 5.91 Å². The molecule has 3 nitrogen and oxygen atoms in total. The Kier molecular flexibility index (Phi) is 4.59. The van der Waals surface area contributed by atoms with E-state index in [0.29, 0.717) is 6.54 Å². The number of carbonyl (C=O) groups excluding carboxylic acids is 1. The van der Waals surface area contributed by atoms with E-state index in [4.69, 9.17) is 0 Å². The van der Waals surface area contributed by atoms with Crippen LogP contribution in [0.25, 0.3) is 0 Å². The number of rotatable bonds is 3. The highest BCUT2D eigenvalue weighted by Gasteiger charge is 2.22. The number of amides is 1. The van der Waals surface area contributed by atoms with Crippen molar-refractivity contribution in [3.8, 4) is 0 Å². The number of hydrogen-bond acceptors (Lipinski definition) is 1. The molecule has 0 spiro atoms. The first-order valence-electron chi connectivity index (χ1n) is 7.26. The Morgan fingerprint density at radius 3 is 2.95 bits per heavy atom. The van der Waals surface area contributed by atoms with Gasteiger partial charge in [-0.15, -0.1) is 0 Å². The van der Waals surface area contributed by atoms with Crippen LogP contribution in [-0.4, -0.2) is 25.5 Å². The number of likely N-dealkylation sites (tertiary alicyclic amines) is 1. The standard InChI is InChI=1S/C16H24N2O/c1-12-6-5-9-18(10-12)11-16(19)17-15-8-4-7-13(2)14(15)3/h4,7-8,12H,5-6,9-11H2,1-3H3,(H,17,19)/p+1/t12-/m1/s1. The van der Waals surface area contributed by atoms with E-state index in [2.05, 4.69) is 32.2 Å². The van der Waals surface area contributed by atoms with Crippen molar-refractivity contribution in [3.05, 3.63) is 29.3 Å². The third-order valence-electron chi connectivity index (χ3n) is 4.15. The van der Waals surface area contributed by atoms with Gasteiger partial charge in [0.1, 0.15) is 0 Å². The topological polar surface area (TPSA) is 33.5 Å². The van der Waals surface area contributed by atoms with Crippen molar-refractivity contribution in [1.29, 1.82) is 0 Å². The molecule has 1 aromatic rings. The number of piperidine rings is 1. The molecular formula is C16H25N2O+. The van der Waals surface area contributed by atoms with Gasteiger partial charge >= 0.3 is 0 Å². The van der Waals surface area contributed by atoms with Crippen molar-refractivity contribution in [2.75, 3.05) is 25.0 Å². The lowest BCUT2D eigenvalue weighted by Crippen LogP contribution is -3.14. The first-order valence-corrected chi connectivity index (χ1v) is 7.26. The maximum Gasteiger partial charge on any atom is 0.279 e. The van der Waals surface area contributed by atoms with Gasteiger partial charge < -0.3 is 10.2 Å². The van der Waals surface area contributed by atoms with Crippen LogP contribution in [0.2, 0.25) is 0 Å². The fourth-order valence-electron chi connectivity index (χ4n) is 2.87. The SMILES string of the molecule is Cc1cccc(NC(=O)C[NH+]2CCC[C@@H](C)C2)c1C. The van der Waals surface area contributed by atoms with Crippen LogP contribution in [0.1, 0.15) is 30.9 Å². The highest BCUT2D eigenvalue weighted by Crippen LogP contribution is 2.17. The number of quaternary nitrogens is 1. The second-order valence-electron chi connectivity index (χ2n) is 5.92. The predicted octanol–water partition coefficient (Wildman–Crippen LogP) is 1.56. The highest BCUT2D eigenvalue weighted by atomic mass is 16.2. The van der Waals surface area contributed by atoms with E-state index in [1.165, 1.54) is 23.3 Å². The summed E-state index contributed by atoms with van der Waals surface area (Å²) < 4.78 is 0. The quantitative estimate of drug-likeness (QED) is 0.850. The van der Waals surface area contributed by atoms with Crippen molar-refractivity contribution < 1.29 is 9.69 Å². The molecule has 1 aliphatic heterocycles. The summed E-state index contributed by atoms with van der Waals surface area (Å²) >= 11 is 0. The van der Waals surface area contributed by atoms with Gasteiger partial charge in [0.2, 0.25) is 0 Å². The first kappa shape index (κ1) is 14.1. The average Bonchev–Trinajstić information content (AvgIpc) is 2.35. The number of carbonyl (C=O) groups is 1. The molecule has 1 unspecified atom stereocenters. The van der Waals surface area contributed by atoms with Crippen LogP contribution in [-0.2, 0) is 4.79 Å². The predicted molar refractivity (Wildman–Crippen MR) is 78.5 cm³/mol. The molecule has 1 amide bonds. The molecule has 1 heterocycles. The van der Waals surface area contributed by atoms with Crippen LogP contribution in [0.5, 0.6) is 0 Å². The summed E-state index contributed by atoms with van der Waals surface area (Å²) in [5.41, 5.74) is 3.34. The normalized spacial score (nSPS) is 23.1. The Hall–Kier alpha value is -1.35. The number of benzene rings is 1. The van der Waals surface area contributed by atoms with Gasteiger partial charge in [0.05, 0.1) is 13.1 Å². The zero-order valence-corrected chi connectivity index (χ0v) is 12.3. The molecule has 2 atom stereocenters. The molecule has 1 saturated heterocycles. The molecule has 2 rings (SSSR count). The van der Waals surface area contributed by atoms with Gasteiger partial charge in [-0.2, -0.15) is 0 Å². The molecule has 3 heteroatoms. The number of hydrogen-bond donors (Lipinski definition) is 2. The fraction of sp³-hybridized carbons (Fsp3) is 0.562. The molecule has 2 N–H and O–H groups in total. The van der Waals surface area contributed by atoms with Crippen LogP contribution in [0.3, 0.4) is 0 Å². The van der Waals surface area contributed by atoms with Crippen LogP contribution >= 0.6 is 0 Å². The van der Waals surface area contributed by atoms with Crippen LogP contribution < -0.4 is 10.2 Å². The largest absolute Gasteiger partial charge is 0.327 e. The van der Waals surface area contributed by atoms with Crippen molar-refractivity contribution in [2.24, 2.45) is 5.92 Å². The minimum absolute atomic E-state index is 0.137. The van der Waals surface area contributed by atoms with Gasteiger partial charge in [-0.1, -0.05) is 19.1 Å². The minimum Gasteiger partial charge on any atom is -0.327 e. The number of aryl methyl sites for hydroxylation is 1. The summed E-state index contributed by atoms with van der Waals surface area (Å²) in [5.74, 6) is 0.884. The molecule has 0 saturated carbocycles. The lowest BCUT2D eigenvalue weighted by atomic mass is 10.0. The minimum atomic E-state index is 0.137. The molecular weight excluding hydrogens is 236 g/mol. The Bertz CT molecular complexity index is 456. The van der Waals surface area contributed by atoms with Crippen LogP contribution in [0, 0.1) is 19.8 Å². The summed E-state index contributed by atoms with van der Waals surface area (Å²) in [5, 5.41) is 3.05. The third kappa shape index (κ3) is 3.80. The summed E-state index contributed by atoms with van der Waals surface area (Å²) in [6, 6.07) is 6.05. The van der Waals surface area contributed by atoms with Crippen LogP contribution in [0.4, 0.5) is 5.69 Å². The maximum absolute atomic E-state index is 12.1. The first-order chi connectivity index (χ1) is 9.06. The Labute approximate surface area is 116 Å². The summed E-state index contributed by atoms with van der Waals surface area (Å²) in [7, 11) is 0. The van der Waals surface area contributed by atoms with Crippen molar-refractivity contribution in [3.63, 3.8) is 0 Å². The van der Waals surface area contributed by atoms with Gasteiger partial charge in [-0.25, -0.2) is 0 Å². The van der Waals surface area contributed by atoms with Gasteiger partial charge in [0, 0.05) is 11.6 Å². The molecule has 1 aromatic carbocycles. The molecule has 0 radical (unpaired) electrons. The van der Waals surface area contributed by atoms with E-state index in [1.54, 1.807) is 0 Å². The van der Waals surface area contributed by atoms with Gasteiger partial charge in [-0.05, 0) is 43.9 Å². The molecule has 0 aromatic heterocycles. The smallest absolute Gasteiger partial charge is 0.279 e. The Morgan fingerprint density at radius 1 is 1.42 bits per heavy atom. The molecule has 1 aliphatic rings. The average molecular weight is 261 g/mol. The maximum atomic E-state index is 12.1. The van der Waals surface area contributed by atoms with E-state index in [0.717, 1.165) is 30.3 Å². The Balaban J connectivity index is 1.92. The summed E-state index contributed by atoms with van der Waals surface area (Å²) in [6.45, 7) is 9.26. The molecule has 1 fully saturated rings. The number of anilines is 1. The zero-order valence-electron chi connectivity index (χ0n) is 12.3. The lowest BCUT2D eigenvalue weighted by molar-refractivity contribution is -0.900. The van der Waals surface area contributed by atoms with Crippen molar-refractivity contribution in [2.45, 2.75) is 33.6 Å². The van der Waals surface area contributed by atoms with Gasteiger partial charge in [-0.3, -0.25) is 4.79 Å². The van der Waals surface area contributed by atoms with Crippen molar-refractivity contribution in [1.82, 2.24) is 0 Å². The molecule has 0 aliphatic carbocycles. The third-order valence-corrected chi connectivity index (χ3v) is 4.15. The second kappa shape index (κ2) is 6.20.